The lowest BCUT2D eigenvalue weighted by Crippen LogP contribution is -2.37. The summed E-state index contributed by atoms with van der Waals surface area (Å²) in [6.45, 7) is 5.28. The number of nitrogens with zero attached hydrogens (tertiary/aromatic N) is 1. The fourth-order valence-corrected chi connectivity index (χ4v) is 4.82. The number of phosphoric acid groups is 1. The standard InChI is InChI=1S/C33H64NO7P/c1-6-8-10-12-14-15-16-17-18-19-20-21-22-24-26-33(35)41-32(30-38-28-25-23-13-11-9-7-2)31-40-42(36,37)39-29-27-34(3,4)5/h12,14,16-17,32H,6-11,13,15,18-31H2,1-5H3/b14-12-,17-16-. The van der Waals surface area contributed by atoms with Gasteiger partial charge in [0.15, 0.2) is 0 Å². The van der Waals surface area contributed by atoms with Crippen LogP contribution in [0.2, 0.25) is 0 Å². The van der Waals surface area contributed by atoms with Crippen molar-refractivity contribution in [3.63, 3.8) is 0 Å². The first kappa shape index (κ1) is 41.0. The summed E-state index contributed by atoms with van der Waals surface area (Å²) < 4.78 is 34.1. The predicted octanol–water partition coefficient (Wildman–Crippen LogP) is 7.91. The average molecular weight is 618 g/mol. The summed E-state index contributed by atoms with van der Waals surface area (Å²) in [5, 5.41) is 0. The van der Waals surface area contributed by atoms with Gasteiger partial charge in [-0.25, -0.2) is 0 Å². The number of hydrogen-bond acceptors (Lipinski definition) is 7. The van der Waals surface area contributed by atoms with E-state index in [1.54, 1.807) is 0 Å². The van der Waals surface area contributed by atoms with E-state index < -0.39 is 13.9 Å². The SMILES string of the molecule is CCCC/C=C\C/C=C\CCCCCCCC(=O)OC(COCCCCCCCC)COP(=O)([O-])OCC[N+](C)(C)C. The first-order chi connectivity index (χ1) is 20.1. The van der Waals surface area contributed by atoms with Crippen molar-refractivity contribution in [2.24, 2.45) is 0 Å². The van der Waals surface area contributed by atoms with Gasteiger partial charge in [0.1, 0.15) is 19.3 Å². The molecule has 8 nitrogen and oxygen atoms in total. The van der Waals surface area contributed by atoms with Crippen LogP contribution in [0.5, 0.6) is 0 Å². The van der Waals surface area contributed by atoms with Crippen molar-refractivity contribution in [1.82, 2.24) is 0 Å². The van der Waals surface area contributed by atoms with Gasteiger partial charge in [0.25, 0.3) is 7.82 Å². The molecule has 0 radical (unpaired) electrons. The number of hydrogen-bond donors (Lipinski definition) is 0. The third-order valence-electron chi connectivity index (χ3n) is 6.76. The number of phosphoric ester groups is 1. The number of esters is 1. The number of likely N-dealkylation sites (N-methyl/N-ethyl adjacent to an activating group) is 1. The van der Waals surface area contributed by atoms with Gasteiger partial charge in [-0.15, -0.1) is 0 Å². The fourth-order valence-electron chi connectivity index (χ4n) is 4.09. The number of unbranched alkanes of at least 4 members (excludes halogenated alkanes) is 12. The lowest BCUT2D eigenvalue weighted by Gasteiger charge is -2.28. The molecule has 42 heavy (non-hydrogen) atoms. The third-order valence-corrected chi connectivity index (χ3v) is 7.72. The van der Waals surface area contributed by atoms with E-state index >= 15 is 0 Å². The molecule has 0 amide bonds. The summed E-state index contributed by atoms with van der Waals surface area (Å²) in [6, 6.07) is 0. The van der Waals surface area contributed by atoms with Crippen LogP contribution in [0.25, 0.3) is 0 Å². The Hall–Kier alpha value is -1.02. The van der Waals surface area contributed by atoms with Crippen LogP contribution in [0.1, 0.15) is 123 Å². The van der Waals surface area contributed by atoms with E-state index in [1.165, 1.54) is 44.9 Å². The molecule has 0 aliphatic heterocycles. The first-order valence-electron chi connectivity index (χ1n) is 16.6. The van der Waals surface area contributed by atoms with E-state index in [0.29, 0.717) is 24.1 Å². The zero-order valence-corrected chi connectivity index (χ0v) is 28.6. The molecule has 0 saturated heterocycles. The van der Waals surface area contributed by atoms with Crippen LogP contribution in [0, 0.1) is 0 Å². The van der Waals surface area contributed by atoms with Gasteiger partial charge < -0.3 is 27.9 Å². The van der Waals surface area contributed by atoms with Crippen LogP contribution in [0.4, 0.5) is 0 Å². The molecule has 0 aromatic heterocycles. The van der Waals surface area contributed by atoms with E-state index in [1.807, 2.05) is 21.1 Å². The van der Waals surface area contributed by atoms with Gasteiger partial charge in [-0.2, -0.15) is 0 Å². The molecule has 0 aliphatic rings. The highest BCUT2D eigenvalue weighted by Crippen LogP contribution is 2.38. The number of ether oxygens (including phenoxy) is 2. The third kappa shape index (κ3) is 30.4. The molecule has 0 aliphatic carbocycles. The quantitative estimate of drug-likeness (QED) is 0.0266. The van der Waals surface area contributed by atoms with Gasteiger partial charge in [-0.1, -0.05) is 102 Å². The molecule has 0 N–H and O–H groups in total. The predicted molar refractivity (Wildman–Crippen MR) is 171 cm³/mol. The van der Waals surface area contributed by atoms with Gasteiger partial charge in [0, 0.05) is 13.0 Å². The van der Waals surface area contributed by atoms with Crippen molar-refractivity contribution in [3.8, 4) is 0 Å². The van der Waals surface area contributed by atoms with E-state index in [4.69, 9.17) is 18.5 Å². The number of quaternary nitrogens is 1. The number of allylic oxidation sites excluding steroid dienone is 4. The molecule has 0 spiro atoms. The molecule has 9 heteroatoms. The van der Waals surface area contributed by atoms with Crippen molar-refractivity contribution in [2.45, 2.75) is 129 Å². The monoisotopic (exact) mass is 617 g/mol. The zero-order valence-electron chi connectivity index (χ0n) is 27.7. The minimum Gasteiger partial charge on any atom is -0.756 e. The van der Waals surface area contributed by atoms with Gasteiger partial charge in [-0.3, -0.25) is 9.36 Å². The van der Waals surface area contributed by atoms with Crippen molar-refractivity contribution in [3.05, 3.63) is 24.3 Å². The Balaban J connectivity index is 4.32. The molecule has 0 rings (SSSR count). The Kier molecular flexibility index (Phi) is 26.9. The Morgan fingerprint density at radius 3 is 2.00 bits per heavy atom. The molecular formula is C33H64NO7P. The second-order valence-corrected chi connectivity index (χ2v) is 13.6. The maximum absolute atomic E-state index is 12.5. The van der Waals surface area contributed by atoms with E-state index in [2.05, 4.69) is 38.2 Å². The van der Waals surface area contributed by atoms with Crippen LogP contribution in [0.3, 0.4) is 0 Å². The summed E-state index contributed by atoms with van der Waals surface area (Å²) in [7, 11) is 1.34. The highest BCUT2D eigenvalue weighted by Gasteiger charge is 2.20. The van der Waals surface area contributed by atoms with Gasteiger partial charge >= 0.3 is 5.97 Å². The Morgan fingerprint density at radius 2 is 1.33 bits per heavy atom. The van der Waals surface area contributed by atoms with Crippen LogP contribution < -0.4 is 4.89 Å². The second kappa shape index (κ2) is 27.5. The maximum atomic E-state index is 12.5. The smallest absolute Gasteiger partial charge is 0.306 e. The molecule has 0 saturated carbocycles. The molecule has 0 aromatic carbocycles. The molecule has 2 unspecified atom stereocenters. The van der Waals surface area contributed by atoms with Crippen LogP contribution >= 0.6 is 7.82 Å². The van der Waals surface area contributed by atoms with Crippen LogP contribution in [-0.2, 0) is 27.9 Å². The summed E-state index contributed by atoms with van der Waals surface area (Å²) in [4.78, 5) is 24.7. The Bertz CT molecular complexity index is 736. The van der Waals surface area contributed by atoms with Crippen LogP contribution in [0.15, 0.2) is 24.3 Å². The fraction of sp³-hybridized carbons (Fsp3) is 0.848. The molecular weight excluding hydrogens is 553 g/mol. The number of carbonyl (C=O) groups is 1. The largest absolute Gasteiger partial charge is 0.756 e. The van der Waals surface area contributed by atoms with Crippen molar-refractivity contribution in [2.75, 3.05) is 54.1 Å². The van der Waals surface area contributed by atoms with Crippen molar-refractivity contribution >= 4 is 13.8 Å². The maximum Gasteiger partial charge on any atom is 0.306 e. The number of carbonyl (C=O) groups excluding carboxylic acids is 1. The summed E-state index contributed by atoms with van der Waals surface area (Å²) >= 11 is 0. The summed E-state index contributed by atoms with van der Waals surface area (Å²) in [5.74, 6) is -0.353. The van der Waals surface area contributed by atoms with E-state index in [-0.39, 0.29) is 25.8 Å². The topological polar surface area (TPSA) is 94.1 Å². The van der Waals surface area contributed by atoms with Crippen molar-refractivity contribution < 1.29 is 37.3 Å². The lowest BCUT2D eigenvalue weighted by molar-refractivity contribution is -0.870. The molecule has 0 heterocycles. The van der Waals surface area contributed by atoms with Gasteiger partial charge in [-0.05, 0) is 38.5 Å². The van der Waals surface area contributed by atoms with Gasteiger partial charge in [0.05, 0.1) is 34.4 Å². The first-order valence-corrected chi connectivity index (χ1v) is 18.0. The minimum absolute atomic E-state index is 0.0238. The Labute approximate surface area is 258 Å². The Morgan fingerprint density at radius 1 is 0.738 bits per heavy atom. The van der Waals surface area contributed by atoms with E-state index in [9.17, 15) is 14.3 Å². The molecule has 0 bridgehead atoms. The molecule has 0 aromatic rings. The highest BCUT2D eigenvalue weighted by atomic mass is 31.2. The second-order valence-electron chi connectivity index (χ2n) is 12.2. The molecule has 2 atom stereocenters. The molecule has 0 fully saturated rings. The van der Waals surface area contributed by atoms with Crippen molar-refractivity contribution in [1.29, 1.82) is 0 Å². The van der Waals surface area contributed by atoms with Gasteiger partial charge in [0.2, 0.25) is 0 Å². The number of rotatable bonds is 30. The summed E-state index contributed by atoms with van der Waals surface area (Å²) in [5.41, 5.74) is 0. The lowest BCUT2D eigenvalue weighted by atomic mass is 10.1. The average Bonchev–Trinajstić information content (AvgIpc) is 2.92. The normalized spacial score (nSPS) is 14.5. The van der Waals surface area contributed by atoms with E-state index in [0.717, 1.165) is 57.8 Å². The van der Waals surface area contributed by atoms with Crippen LogP contribution in [-0.4, -0.2) is 70.7 Å². The summed E-state index contributed by atoms with van der Waals surface area (Å²) in [6.07, 6.45) is 26.2. The zero-order chi connectivity index (χ0) is 31.4. The molecule has 248 valence electrons. The highest BCUT2D eigenvalue weighted by molar-refractivity contribution is 7.45. The minimum atomic E-state index is -4.50.